The van der Waals surface area contributed by atoms with E-state index in [2.05, 4.69) is 20.6 Å². The molecule has 0 aliphatic carbocycles. The van der Waals surface area contributed by atoms with Gasteiger partial charge in [-0.2, -0.15) is 0 Å². The number of aliphatic imine (C=N–C) groups is 2. The van der Waals surface area contributed by atoms with Gasteiger partial charge < -0.3 is 43.7 Å². The summed E-state index contributed by atoms with van der Waals surface area (Å²) < 4.78 is 5.36. The van der Waals surface area contributed by atoms with E-state index in [1.165, 1.54) is 0 Å². The van der Waals surface area contributed by atoms with Crippen LogP contribution < -0.4 is 44.9 Å². The van der Waals surface area contributed by atoms with E-state index in [1.807, 2.05) is 0 Å². The summed E-state index contributed by atoms with van der Waals surface area (Å²) in [5, 5.41) is 5.89. The Hall–Kier alpha value is -5.24. The molecule has 228 valence electrons. The number of fused-ring (bicyclic) bond motifs is 1. The minimum atomic E-state index is -1.12. The molecule has 12 N–H and O–H groups in total. The van der Waals surface area contributed by atoms with Crippen LogP contribution in [0.15, 0.2) is 73.8 Å². The van der Waals surface area contributed by atoms with Gasteiger partial charge in [0.1, 0.15) is 11.6 Å². The number of rotatable bonds is 15. The van der Waals surface area contributed by atoms with Crippen molar-refractivity contribution in [2.75, 3.05) is 13.1 Å². The highest BCUT2D eigenvalue weighted by Crippen LogP contribution is 2.23. The van der Waals surface area contributed by atoms with E-state index in [4.69, 9.17) is 33.1 Å². The average Bonchev–Trinajstić information content (AvgIpc) is 2.99. The molecule has 1 heterocycles. The molecule has 3 aromatic rings. The number of amides is 2. The van der Waals surface area contributed by atoms with Crippen molar-refractivity contribution in [3.63, 3.8) is 0 Å². The lowest BCUT2D eigenvalue weighted by Gasteiger charge is -2.24. The van der Waals surface area contributed by atoms with Crippen molar-refractivity contribution in [3.8, 4) is 0 Å². The minimum Gasteiger partial charge on any atom is -0.422 e. The van der Waals surface area contributed by atoms with Crippen molar-refractivity contribution < 1.29 is 18.8 Å². The van der Waals surface area contributed by atoms with E-state index in [1.54, 1.807) is 54.6 Å². The van der Waals surface area contributed by atoms with Gasteiger partial charge in [-0.15, -0.1) is 0 Å². The molecule has 1 aromatic heterocycles. The van der Waals surface area contributed by atoms with Crippen molar-refractivity contribution >= 4 is 40.5 Å². The Bertz CT molecular complexity index is 1540. The van der Waals surface area contributed by atoms with Crippen LogP contribution in [-0.4, -0.2) is 54.7 Å². The number of nitrogens with one attached hydrogen (secondary N) is 2. The highest BCUT2D eigenvalue weighted by atomic mass is 16.4. The van der Waals surface area contributed by atoms with Crippen molar-refractivity contribution in [1.29, 1.82) is 0 Å². The zero-order chi connectivity index (χ0) is 31.4. The van der Waals surface area contributed by atoms with Crippen LogP contribution in [0.25, 0.3) is 11.0 Å². The Kier molecular flexibility index (Phi) is 11.8. The van der Waals surface area contributed by atoms with Crippen LogP contribution >= 0.6 is 0 Å². The number of benzene rings is 2. The van der Waals surface area contributed by atoms with Crippen molar-refractivity contribution in [2.24, 2.45) is 38.7 Å². The monoisotopic (exact) mass is 591 g/mol. The summed E-state index contributed by atoms with van der Waals surface area (Å²) in [5.74, 6) is -1.85. The first kappa shape index (κ1) is 32.3. The number of ketones is 1. The third-order valence-electron chi connectivity index (χ3n) is 6.54. The third-order valence-corrected chi connectivity index (χ3v) is 6.54. The number of carbonyl (C=O) groups is 3. The first-order valence-corrected chi connectivity index (χ1v) is 13.7. The molecule has 0 radical (unpaired) electrons. The van der Waals surface area contributed by atoms with E-state index in [-0.39, 0.29) is 61.1 Å². The smallest absolute Gasteiger partial charge is 0.341 e. The van der Waals surface area contributed by atoms with E-state index >= 15 is 0 Å². The van der Waals surface area contributed by atoms with Crippen LogP contribution in [0.1, 0.15) is 52.0 Å². The Morgan fingerprint density at radius 1 is 0.791 bits per heavy atom. The fraction of sp³-hybridized carbons (Fsp3) is 0.310. The lowest BCUT2D eigenvalue weighted by atomic mass is 9.93. The maximum atomic E-state index is 14.1. The van der Waals surface area contributed by atoms with Crippen LogP contribution in [-0.2, 0) is 11.3 Å². The van der Waals surface area contributed by atoms with E-state index in [0.717, 1.165) is 0 Å². The van der Waals surface area contributed by atoms with Crippen LogP contribution in [0.2, 0.25) is 0 Å². The summed E-state index contributed by atoms with van der Waals surface area (Å²) in [7, 11) is 0. The number of hydrogen-bond acceptors (Lipinski definition) is 8. The summed E-state index contributed by atoms with van der Waals surface area (Å²) in [5.41, 5.74) is 27.4. The third kappa shape index (κ3) is 9.13. The average molecular weight is 592 g/mol. The first-order chi connectivity index (χ1) is 20.6. The number of carbonyl (C=O) groups excluding carboxylic acids is 3. The summed E-state index contributed by atoms with van der Waals surface area (Å²) in [4.78, 5) is 61.3. The Morgan fingerprint density at radius 2 is 1.37 bits per heavy atom. The van der Waals surface area contributed by atoms with Gasteiger partial charge in [0, 0.05) is 36.1 Å². The second-order valence-electron chi connectivity index (χ2n) is 9.66. The number of nitrogens with two attached hydrogens (primary N) is 5. The molecule has 14 nitrogen and oxygen atoms in total. The van der Waals surface area contributed by atoms with Gasteiger partial charge >= 0.3 is 5.63 Å². The quantitative estimate of drug-likeness (QED) is 0.0403. The highest BCUT2D eigenvalue weighted by Gasteiger charge is 2.30. The van der Waals surface area contributed by atoms with Gasteiger partial charge in [0.15, 0.2) is 17.7 Å². The predicted molar refractivity (Wildman–Crippen MR) is 164 cm³/mol. The first-order valence-electron chi connectivity index (χ1n) is 13.7. The highest BCUT2D eigenvalue weighted by molar-refractivity contribution is 6.11. The molecule has 0 saturated carbocycles. The fourth-order valence-electron chi connectivity index (χ4n) is 4.48. The van der Waals surface area contributed by atoms with Gasteiger partial charge in [0.2, 0.25) is 5.91 Å². The number of guanidine groups is 2. The molecule has 0 aliphatic rings. The van der Waals surface area contributed by atoms with Gasteiger partial charge in [0.25, 0.3) is 5.91 Å². The summed E-state index contributed by atoms with van der Waals surface area (Å²) in [6, 6.07) is 12.8. The molecule has 2 amide bonds. The molecule has 2 atom stereocenters. The Morgan fingerprint density at radius 3 is 1.98 bits per heavy atom. The standard InChI is InChI=1S/C29H37N9O5/c30-16-19-23(18-10-4-5-13-22(18)43-27(19)42)24(39)20(11-6-14-35-28(31)32)37-26(41)21(12-7-15-36-29(33)34)38-25(40)17-8-2-1-3-9-17/h1-5,8-10,13,20-21H,6-7,11-12,14-16,30H2,(H,37,41)(H,38,40)(H4,31,32,35)(H4,33,34,36)/t20-,21-/m0/s1. The second kappa shape index (κ2) is 15.7. The van der Waals surface area contributed by atoms with Crippen LogP contribution in [0.4, 0.5) is 0 Å². The molecule has 0 aliphatic heterocycles. The molecule has 2 aromatic carbocycles. The second-order valence-corrected chi connectivity index (χ2v) is 9.66. The maximum Gasteiger partial charge on any atom is 0.341 e. The van der Waals surface area contributed by atoms with E-state index in [9.17, 15) is 19.2 Å². The Labute approximate surface area is 247 Å². The van der Waals surface area contributed by atoms with Gasteiger partial charge in [-0.25, -0.2) is 4.79 Å². The van der Waals surface area contributed by atoms with Gasteiger partial charge in [-0.05, 0) is 43.9 Å². The van der Waals surface area contributed by atoms with Crippen molar-refractivity contribution in [2.45, 2.75) is 44.3 Å². The summed E-state index contributed by atoms with van der Waals surface area (Å²) in [6.45, 7) is 0.152. The minimum absolute atomic E-state index is 0.0154. The Balaban J connectivity index is 1.95. The van der Waals surface area contributed by atoms with Crippen LogP contribution in [0, 0.1) is 0 Å². The number of hydrogen-bond donors (Lipinski definition) is 7. The molecule has 43 heavy (non-hydrogen) atoms. The normalized spacial score (nSPS) is 12.1. The molecule has 0 unspecified atom stereocenters. The molecule has 0 saturated heterocycles. The summed E-state index contributed by atoms with van der Waals surface area (Å²) >= 11 is 0. The van der Waals surface area contributed by atoms with Crippen LogP contribution in [0.5, 0.6) is 0 Å². The fourth-order valence-corrected chi connectivity index (χ4v) is 4.48. The number of Topliss-reactive ketones (excluding diaryl/α,β-unsaturated/α-hetero) is 1. The largest absolute Gasteiger partial charge is 0.422 e. The molecule has 14 heteroatoms. The van der Waals surface area contributed by atoms with E-state index in [0.29, 0.717) is 23.8 Å². The molecule has 0 spiro atoms. The zero-order valence-electron chi connectivity index (χ0n) is 23.6. The van der Waals surface area contributed by atoms with Crippen molar-refractivity contribution in [3.05, 3.63) is 81.7 Å². The zero-order valence-corrected chi connectivity index (χ0v) is 23.6. The predicted octanol–water partition coefficient (Wildman–Crippen LogP) is -0.175. The van der Waals surface area contributed by atoms with E-state index < -0.39 is 35.3 Å². The van der Waals surface area contributed by atoms with Gasteiger partial charge in [-0.1, -0.05) is 36.4 Å². The lowest BCUT2D eigenvalue weighted by molar-refractivity contribution is -0.123. The topological polar surface area (TPSA) is 260 Å². The molecular weight excluding hydrogens is 554 g/mol. The lowest BCUT2D eigenvalue weighted by Crippen LogP contribution is -2.52. The SMILES string of the molecule is NCc1c(C(=O)[C@H](CCCN=C(N)N)NC(=O)[C@H](CCCN=C(N)N)NC(=O)c2ccccc2)c2ccccc2oc1=O. The molecule has 0 fully saturated rings. The molecule has 0 bridgehead atoms. The summed E-state index contributed by atoms with van der Waals surface area (Å²) in [6.07, 6.45) is 0.961. The number of para-hydroxylation sites is 1. The van der Waals surface area contributed by atoms with Gasteiger partial charge in [-0.3, -0.25) is 24.4 Å². The van der Waals surface area contributed by atoms with Gasteiger partial charge in [0.05, 0.1) is 11.6 Å². The number of nitrogens with zero attached hydrogens (tertiary/aromatic N) is 2. The molecule has 3 rings (SSSR count). The van der Waals surface area contributed by atoms with Crippen molar-refractivity contribution in [1.82, 2.24) is 10.6 Å². The van der Waals surface area contributed by atoms with Crippen LogP contribution in [0.3, 0.4) is 0 Å². The molecular formula is C29H37N9O5. The maximum absolute atomic E-state index is 14.1.